The Bertz CT molecular complexity index is 1020. The molecule has 2 aliphatic rings. The van der Waals surface area contributed by atoms with Crippen LogP contribution in [-0.4, -0.2) is 60.5 Å². The van der Waals surface area contributed by atoms with Gasteiger partial charge in [-0.2, -0.15) is 4.99 Å². The molecule has 2 saturated heterocycles. The van der Waals surface area contributed by atoms with Crippen molar-refractivity contribution in [2.24, 2.45) is 4.99 Å². The number of amidine groups is 1. The molecule has 31 heavy (non-hydrogen) atoms. The van der Waals surface area contributed by atoms with Crippen LogP contribution in [0.15, 0.2) is 23.2 Å². The van der Waals surface area contributed by atoms with Crippen molar-refractivity contribution in [1.82, 2.24) is 5.32 Å². The van der Waals surface area contributed by atoms with Gasteiger partial charge in [-0.05, 0) is 32.9 Å². The number of amides is 2. The second kappa shape index (κ2) is 8.73. The van der Waals surface area contributed by atoms with Gasteiger partial charge in [0.25, 0.3) is 0 Å². The van der Waals surface area contributed by atoms with Gasteiger partial charge in [0.2, 0.25) is 5.91 Å². The van der Waals surface area contributed by atoms with E-state index < -0.39 is 50.4 Å². The van der Waals surface area contributed by atoms with Gasteiger partial charge in [0.1, 0.15) is 17.2 Å². The van der Waals surface area contributed by atoms with E-state index in [4.69, 9.17) is 4.74 Å². The second-order valence-electron chi connectivity index (χ2n) is 8.23. The van der Waals surface area contributed by atoms with Crippen LogP contribution < -0.4 is 10.2 Å². The molecule has 2 aliphatic heterocycles. The number of nitrogens with one attached hydrogen (secondary N) is 1. The first kappa shape index (κ1) is 23.5. The number of rotatable bonds is 4. The second-order valence-corrected chi connectivity index (χ2v) is 11.6. The average molecular weight is 476 g/mol. The first-order chi connectivity index (χ1) is 14.3. The maximum Gasteiger partial charge on any atom is 0.407 e. The Morgan fingerprint density at radius 1 is 1.29 bits per heavy atom. The lowest BCUT2D eigenvalue weighted by Crippen LogP contribution is -2.38. The lowest BCUT2D eigenvalue weighted by atomic mass is 10.2. The zero-order valence-corrected chi connectivity index (χ0v) is 18.9. The largest absolute Gasteiger partial charge is 0.444 e. The summed E-state index contributed by atoms with van der Waals surface area (Å²) >= 11 is 1.08. The first-order valence-electron chi connectivity index (χ1n) is 9.54. The first-order valence-corrected chi connectivity index (χ1v) is 12.2. The summed E-state index contributed by atoms with van der Waals surface area (Å²) < 4.78 is 57.0. The van der Waals surface area contributed by atoms with E-state index in [1.54, 1.807) is 20.8 Å². The predicted molar refractivity (Wildman–Crippen MR) is 114 cm³/mol. The topological polar surface area (TPSA) is 105 Å². The number of aliphatic imine (C=N–C) groups is 1. The molecule has 170 valence electrons. The maximum atomic E-state index is 14.4. The number of halogens is 2. The van der Waals surface area contributed by atoms with Gasteiger partial charge in [-0.25, -0.2) is 22.0 Å². The zero-order valence-electron chi connectivity index (χ0n) is 17.2. The fourth-order valence-electron chi connectivity index (χ4n) is 3.27. The van der Waals surface area contributed by atoms with Gasteiger partial charge < -0.3 is 15.0 Å². The molecule has 1 N–H and O–H groups in total. The molecule has 3 rings (SSSR count). The van der Waals surface area contributed by atoms with Crippen LogP contribution in [0, 0.1) is 11.6 Å². The molecule has 0 bridgehead atoms. The molecule has 0 saturated carbocycles. The summed E-state index contributed by atoms with van der Waals surface area (Å²) in [4.78, 5) is 29.4. The van der Waals surface area contributed by atoms with E-state index in [0.717, 1.165) is 17.8 Å². The number of anilines is 1. The quantitative estimate of drug-likeness (QED) is 0.713. The molecular formula is C19H23F2N3O5S2. The lowest BCUT2D eigenvalue weighted by molar-refractivity contribution is -0.117. The Labute approximate surface area is 183 Å². The van der Waals surface area contributed by atoms with Crippen LogP contribution in [0.3, 0.4) is 0 Å². The third kappa shape index (κ3) is 5.94. The van der Waals surface area contributed by atoms with E-state index in [0.29, 0.717) is 6.07 Å². The predicted octanol–water partition coefficient (Wildman–Crippen LogP) is 2.48. The van der Waals surface area contributed by atoms with Crippen molar-refractivity contribution in [2.75, 3.05) is 23.0 Å². The molecule has 0 aliphatic carbocycles. The molecule has 0 radical (unpaired) electrons. The number of hydrogen-bond donors (Lipinski definition) is 1. The van der Waals surface area contributed by atoms with Crippen molar-refractivity contribution < 1.29 is 31.5 Å². The number of hydrogen-bond acceptors (Lipinski definition) is 6. The third-order valence-corrected chi connectivity index (χ3v) is 7.67. The molecule has 12 heteroatoms. The van der Waals surface area contributed by atoms with Gasteiger partial charge in [-0.15, -0.1) is 0 Å². The highest BCUT2D eigenvalue weighted by Gasteiger charge is 2.50. The average Bonchev–Trinajstić information content (AvgIpc) is 3.04. The third-order valence-electron chi connectivity index (χ3n) is 4.46. The lowest BCUT2D eigenvalue weighted by Gasteiger charge is -2.24. The molecule has 2 atom stereocenters. The van der Waals surface area contributed by atoms with Gasteiger partial charge >= 0.3 is 6.09 Å². The fraction of sp³-hybridized carbons (Fsp3) is 0.526. The highest BCUT2D eigenvalue weighted by molar-refractivity contribution is 8.16. The maximum absolute atomic E-state index is 14.4. The smallest absolute Gasteiger partial charge is 0.407 e. The minimum Gasteiger partial charge on any atom is -0.444 e. The normalized spacial score (nSPS) is 23.6. The highest BCUT2D eigenvalue weighted by Crippen LogP contribution is 2.41. The van der Waals surface area contributed by atoms with Crippen molar-refractivity contribution >= 4 is 44.5 Å². The molecule has 0 aromatic heterocycles. The molecule has 1 aromatic carbocycles. The van der Waals surface area contributed by atoms with Crippen LogP contribution in [0.2, 0.25) is 0 Å². The van der Waals surface area contributed by atoms with Gasteiger partial charge in [-0.1, -0.05) is 11.8 Å². The van der Waals surface area contributed by atoms with E-state index in [-0.39, 0.29) is 35.3 Å². The van der Waals surface area contributed by atoms with E-state index in [9.17, 15) is 26.8 Å². The van der Waals surface area contributed by atoms with Crippen molar-refractivity contribution in [3.8, 4) is 0 Å². The number of carbonyl (C=O) groups excluding carboxylic acids is 2. The number of fused-ring (bicyclic) bond motifs is 1. The number of nitrogens with zero attached hydrogens (tertiary/aromatic N) is 2. The summed E-state index contributed by atoms with van der Waals surface area (Å²) in [5.74, 6) is -2.55. The molecule has 0 unspecified atom stereocenters. The Kier molecular flexibility index (Phi) is 6.61. The van der Waals surface area contributed by atoms with Crippen LogP contribution >= 0.6 is 11.8 Å². The minimum atomic E-state index is -3.32. The van der Waals surface area contributed by atoms with Crippen molar-refractivity contribution in [1.29, 1.82) is 0 Å². The summed E-state index contributed by atoms with van der Waals surface area (Å²) in [6.07, 6.45) is -0.797. The molecule has 0 spiro atoms. The monoisotopic (exact) mass is 475 g/mol. The number of sulfone groups is 1. The van der Waals surface area contributed by atoms with Gasteiger partial charge in [0.05, 0.1) is 23.2 Å². The fourth-order valence-corrected chi connectivity index (χ4v) is 7.20. The van der Waals surface area contributed by atoms with Crippen LogP contribution in [0.25, 0.3) is 0 Å². The Balaban J connectivity index is 1.75. The van der Waals surface area contributed by atoms with Crippen molar-refractivity contribution in [2.45, 2.75) is 44.1 Å². The molecule has 2 amide bonds. The molecular weight excluding hydrogens is 452 g/mol. The number of carbonyl (C=O) groups is 2. The van der Waals surface area contributed by atoms with Gasteiger partial charge in [-0.3, -0.25) is 4.79 Å². The van der Waals surface area contributed by atoms with E-state index in [1.807, 2.05) is 0 Å². The number of thioether (sulfide) groups is 1. The summed E-state index contributed by atoms with van der Waals surface area (Å²) in [5, 5.41) is 2.19. The molecule has 1 aromatic rings. The van der Waals surface area contributed by atoms with Crippen molar-refractivity contribution in [3.05, 3.63) is 29.8 Å². The molecule has 2 fully saturated rings. The number of ether oxygens (including phenoxy) is 1. The van der Waals surface area contributed by atoms with Gasteiger partial charge in [0, 0.05) is 24.3 Å². The van der Waals surface area contributed by atoms with E-state index in [2.05, 4.69) is 10.3 Å². The summed E-state index contributed by atoms with van der Waals surface area (Å²) in [6.45, 7) is 5.12. The summed E-state index contributed by atoms with van der Waals surface area (Å²) in [5.41, 5.74) is -0.718. The molecule has 8 nitrogen and oxygen atoms in total. The number of alkyl carbamates (subject to hydrolysis) is 1. The van der Waals surface area contributed by atoms with Gasteiger partial charge in [0.15, 0.2) is 15.0 Å². The Morgan fingerprint density at radius 2 is 2.00 bits per heavy atom. The Hall–Kier alpha value is -2.21. The SMILES string of the molecule is CC(C)(C)OC(=O)NCCC(=O)N=C1S[C@H]2CS(=O)(=O)C[C@H]2N1c1ccc(F)cc1F. The van der Waals surface area contributed by atoms with E-state index >= 15 is 0 Å². The molecule has 2 heterocycles. The summed E-state index contributed by atoms with van der Waals surface area (Å²) in [6, 6.07) is 2.34. The highest BCUT2D eigenvalue weighted by atomic mass is 32.2. The van der Waals surface area contributed by atoms with Crippen LogP contribution in [0.5, 0.6) is 0 Å². The Morgan fingerprint density at radius 3 is 2.65 bits per heavy atom. The number of benzene rings is 1. The zero-order chi connectivity index (χ0) is 23.0. The van der Waals surface area contributed by atoms with Crippen LogP contribution in [0.4, 0.5) is 19.3 Å². The van der Waals surface area contributed by atoms with Crippen LogP contribution in [0.1, 0.15) is 27.2 Å². The van der Waals surface area contributed by atoms with Crippen LogP contribution in [-0.2, 0) is 19.4 Å². The summed E-state index contributed by atoms with van der Waals surface area (Å²) in [7, 11) is -3.32. The standard InChI is InChI=1S/C19H23F2N3O5S2/c1-19(2,3)29-18(26)22-7-6-16(25)23-17-24(13-5-4-11(20)8-12(13)21)14-9-31(27,28)10-15(14)30-17/h4-5,8,14-15H,6-7,9-10H2,1-3H3,(H,22,26)/t14-,15+/m1/s1. The van der Waals surface area contributed by atoms with E-state index in [1.165, 1.54) is 11.0 Å². The minimum absolute atomic E-state index is 0.0126. The van der Waals surface area contributed by atoms with Crippen molar-refractivity contribution in [3.63, 3.8) is 0 Å².